The van der Waals surface area contributed by atoms with E-state index in [1.54, 1.807) is 0 Å². The highest BCUT2D eigenvalue weighted by Gasteiger charge is 2.07. The molecule has 4 heteroatoms. The number of amides is 1. The van der Waals surface area contributed by atoms with E-state index in [0.717, 1.165) is 24.2 Å². The molecule has 19 heavy (non-hydrogen) atoms. The predicted octanol–water partition coefficient (Wildman–Crippen LogP) is 2.04. The summed E-state index contributed by atoms with van der Waals surface area (Å²) in [7, 11) is 0. The zero-order valence-electron chi connectivity index (χ0n) is 11.7. The van der Waals surface area contributed by atoms with Crippen molar-refractivity contribution in [2.45, 2.75) is 39.2 Å². The summed E-state index contributed by atoms with van der Waals surface area (Å²) in [5, 5.41) is 12.4. The van der Waals surface area contributed by atoms with Gasteiger partial charge in [0, 0.05) is 13.0 Å². The van der Waals surface area contributed by atoms with Gasteiger partial charge in [0.05, 0.1) is 0 Å². The molecule has 0 aromatic heterocycles. The first-order valence-electron chi connectivity index (χ1n) is 6.76. The van der Waals surface area contributed by atoms with Gasteiger partial charge in [-0.1, -0.05) is 25.5 Å². The molecule has 0 aliphatic heterocycles. The molecule has 1 aromatic rings. The molecular formula is C15H23NO3. The number of aryl methyl sites for hydroxylation is 1. The summed E-state index contributed by atoms with van der Waals surface area (Å²) < 4.78 is 5.46. The molecular weight excluding hydrogens is 242 g/mol. The van der Waals surface area contributed by atoms with Gasteiger partial charge < -0.3 is 15.2 Å². The average molecular weight is 265 g/mol. The first kappa shape index (κ1) is 15.5. The number of carbonyl (C=O) groups excluding carboxylic acids is 1. The molecule has 1 unspecified atom stereocenters. The minimum absolute atomic E-state index is 0.0172. The summed E-state index contributed by atoms with van der Waals surface area (Å²) in [4.78, 5) is 11.4. The Morgan fingerprint density at radius 3 is 2.95 bits per heavy atom. The first-order valence-corrected chi connectivity index (χ1v) is 6.76. The first-order chi connectivity index (χ1) is 9.11. The van der Waals surface area contributed by atoms with E-state index in [-0.39, 0.29) is 19.1 Å². The van der Waals surface area contributed by atoms with Crippen LogP contribution in [-0.2, 0) is 4.79 Å². The second kappa shape index (κ2) is 8.53. The Hall–Kier alpha value is -1.55. The van der Waals surface area contributed by atoms with Crippen LogP contribution in [0.3, 0.4) is 0 Å². The van der Waals surface area contributed by atoms with Crippen molar-refractivity contribution in [3.63, 3.8) is 0 Å². The SMILES string of the molecule is CCCCC(=O)NCC(O)COc1cccc(C)c1. The van der Waals surface area contributed by atoms with Crippen LogP contribution in [0.25, 0.3) is 0 Å². The average Bonchev–Trinajstić information content (AvgIpc) is 2.40. The van der Waals surface area contributed by atoms with Crippen LogP contribution in [0.4, 0.5) is 0 Å². The number of unbranched alkanes of at least 4 members (excludes halogenated alkanes) is 1. The van der Waals surface area contributed by atoms with Crippen LogP contribution in [0.5, 0.6) is 5.75 Å². The molecule has 0 saturated heterocycles. The maximum absolute atomic E-state index is 11.4. The van der Waals surface area contributed by atoms with Crippen molar-refractivity contribution in [3.05, 3.63) is 29.8 Å². The number of nitrogens with one attached hydrogen (secondary N) is 1. The largest absolute Gasteiger partial charge is 0.491 e. The van der Waals surface area contributed by atoms with Gasteiger partial charge in [0.2, 0.25) is 5.91 Å². The van der Waals surface area contributed by atoms with Crippen LogP contribution >= 0.6 is 0 Å². The third kappa shape index (κ3) is 6.82. The van der Waals surface area contributed by atoms with Gasteiger partial charge in [-0.3, -0.25) is 4.79 Å². The quantitative estimate of drug-likeness (QED) is 0.756. The van der Waals surface area contributed by atoms with Gasteiger partial charge in [-0.25, -0.2) is 0 Å². The molecule has 1 atom stereocenters. The highest BCUT2D eigenvalue weighted by atomic mass is 16.5. The van der Waals surface area contributed by atoms with Crippen molar-refractivity contribution in [2.24, 2.45) is 0 Å². The molecule has 0 aliphatic rings. The molecule has 1 amide bonds. The van der Waals surface area contributed by atoms with Crippen LogP contribution in [-0.4, -0.2) is 30.3 Å². The summed E-state index contributed by atoms with van der Waals surface area (Å²) in [6.07, 6.45) is 1.70. The highest BCUT2D eigenvalue weighted by Crippen LogP contribution is 2.12. The maximum atomic E-state index is 11.4. The Balaban J connectivity index is 2.21. The van der Waals surface area contributed by atoms with Crippen LogP contribution < -0.4 is 10.1 Å². The number of benzene rings is 1. The van der Waals surface area contributed by atoms with Crippen molar-refractivity contribution in [3.8, 4) is 5.75 Å². The van der Waals surface area contributed by atoms with Gasteiger partial charge in [0.25, 0.3) is 0 Å². The second-order valence-corrected chi connectivity index (χ2v) is 4.69. The summed E-state index contributed by atoms with van der Waals surface area (Å²) in [5.74, 6) is 0.716. The molecule has 0 radical (unpaired) electrons. The van der Waals surface area contributed by atoms with Crippen molar-refractivity contribution in [1.82, 2.24) is 5.32 Å². The van der Waals surface area contributed by atoms with Crippen molar-refractivity contribution >= 4 is 5.91 Å². The van der Waals surface area contributed by atoms with Crippen molar-refractivity contribution in [1.29, 1.82) is 0 Å². The summed E-state index contributed by atoms with van der Waals surface area (Å²) in [5.41, 5.74) is 1.11. The molecule has 0 heterocycles. The lowest BCUT2D eigenvalue weighted by atomic mass is 10.2. The fraction of sp³-hybridized carbons (Fsp3) is 0.533. The lowest BCUT2D eigenvalue weighted by Gasteiger charge is -2.13. The van der Waals surface area contributed by atoms with Gasteiger partial charge in [0.15, 0.2) is 0 Å². The fourth-order valence-corrected chi connectivity index (χ4v) is 1.61. The number of carbonyl (C=O) groups is 1. The van der Waals surface area contributed by atoms with Crippen molar-refractivity contribution in [2.75, 3.05) is 13.2 Å². The van der Waals surface area contributed by atoms with Crippen LogP contribution in [0, 0.1) is 6.92 Å². The molecule has 0 aliphatic carbocycles. The Morgan fingerprint density at radius 1 is 1.47 bits per heavy atom. The highest BCUT2D eigenvalue weighted by molar-refractivity contribution is 5.75. The molecule has 1 aromatic carbocycles. The molecule has 0 spiro atoms. The van der Waals surface area contributed by atoms with Crippen LogP contribution in [0.1, 0.15) is 31.7 Å². The lowest BCUT2D eigenvalue weighted by molar-refractivity contribution is -0.121. The van der Waals surface area contributed by atoms with E-state index in [1.165, 1.54) is 0 Å². The van der Waals surface area contributed by atoms with Crippen LogP contribution in [0.15, 0.2) is 24.3 Å². The monoisotopic (exact) mass is 265 g/mol. The molecule has 1 rings (SSSR count). The minimum Gasteiger partial charge on any atom is -0.491 e. The zero-order chi connectivity index (χ0) is 14.1. The van der Waals surface area contributed by atoms with Gasteiger partial charge >= 0.3 is 0 Å². The van der Waals surface area contributed by atoms with E-state index in [0.29, 0.717) is 6.42 Å². The van der Waals surface area contributed by atoms with Gasteiger partial charge in [0.1, 0.15) is 18.5 Å². The normalized spacial score (nSPS) is 11.9. The molecule has 0 fully saturated rings. The van der Waals surface area contributed by atoms with Crippen molar-refractivity contribution < 1.29 is 14.6 Å². The van der Waals surface area contributed by atoms with E-state index in [9.17, 15) is 9.90 Å². The third-order valence-corrected chi connectivity index (χ3v) is 2.72. The third-order valence-electron chi connectivity index (χ3n) is 2.72. The standard InChI is InChI=1S/C15H23NO3/c1-3-4-8-15(18)16-10-13(17)11-19-14-7-5-6-12(2)9-14/h5-7,9,13,17H,3-4,8,10-11H2,1-2H3,(H,16,18). The molecule has 0 bridgehead atoms. The van der Waals surface area contributed by atoms with Gasteiger partial charge in [-0.15, -0.1) is 0 Å². The van der Waals surface area contributed by atoms with E-state index < -0.39 is 6.10 Å². The Bertz CT molecular complexity index is 393. The maximum Gasteiger partial charge on any atom is 0.220 e. The lowest BCUT2D eigenvalue weighted by Crippen LogP contribution is -2.35. The van der Waals surface area contributed by atoms with Crippen LogP contribution in [0.2, 0.25) is 0 Å². The van der Waals surface area contributed by atoms with E-state index in [2.05, 4.69) is 5.32 Å². The topological polar surface area (TPSA) is 58.6 Å². The molecule has 106 valence electrons. The molecule has 0 saturated carbocycles. The summed E-state index contributed by atoms with van der Waals surface area (Å²) in [6.45, 7) is 4.43. The van der Waals surface area contributed by atoms with E-state index >= 15 is 0 Å². The second-order valence-electron chi connectivity index (χ2n) is 4.69. The van der Waals surface area contributed by atoms with E-state index in [4.69, 9.17) is 4.74 Å². The molecule has 4 nitrogen and oxygen atoms in total. The molecule has 2 N–H and O–H groups in total. The Morgan fingerprint density at radius 2 is 2.26 bits per heavy atom. The number of ether oxygens (including phenoxy) is 1. The number of hydrogen-bond donors (Lipinski definition) is 2. The zero-order valence-corrected chi connectivity index (χ0v) is 11.7. The number of aliphatic hydroxyl groups excluding tert-OH is 1. The summed E-state index contributed by atoms with van der Waals surface area (Å²) in [6, 6.07) is 7.65. The number of rotatable bonds is 8. The van der Waals surface area contributed by atoms with E-state index in [1.807, 2.05) is 38.1 Å². The smallest absolute Gasteiger partial charge is 0.220 e. The Labute approximate surface area is 114 Å². The van der Waals surface area contributed by atoms with Gasteiger partial charge in [-0.05, 0) is 31.0 Å². The van der Waals surface area contributed by atoms with Gasteiger partial charge in [-0.2, -0.15) is 0 Å². The summed E-state index contributed by atoms with van der Waals surface area (Å²) >= 11 is 0. The number of hydrogen-bond acceptors (Lipinski definition) is 3. The minimum atomic E-state index is -0.689. The number of aliphatic hydroxyl groups is 1. The fourth-order valence-electron chi connectivity index (χ4n) is 1.61. The predicted molar refractivity (Wildman–Crippen MR) is 75.2 cm³/mol. The Kier molecular flexibility index (Phi) is 6.97.